The van der Waals surface area contributed by atoms with E-state index in [0.717, 1.165) is 15.8 Å². The first-order chi connectivity index (χ1) is 19.7. The molecule has 0 fully saturated rings. The zero-order valence-corrected chi connectivity index (χ0v) is 24.6. The number of hydrogen-bond donors (Lipinski definition) is 0. The van der Waals surface area contributed by atoms with Gasteiger partial charge in [0.1, 0.15) is 0 Å². The number of hydrogen-bond acceptors (Lipinski definition) is 3. The van der Waals surface area contributed by atoms with Crippen LogP contribution < -0.4 is 4.90 Å². The largest absolute Gasteiger partial charge is 0.309 e. The Morgan fingerprint density at radius 2 is 1.10 bits per heavy atom. The predicted molar refractivity (Wildman–Crippen MR) is 180 cm³/mol. The Morgan fingerprint density at radius 1 is 0.450 bits per heavy atom. The molecule has 0 radical (unpaired) electrons. The fourth-order valence-corrected chi connectivity index (χ4v) is 8.40. The number of thiophene rings is 2. The third-order valence-electron chi connectivity index (χ3n) is 7.49. The lowest BCUT2D eigenvalue weighted by molar-refractivity contribution is 1.31. The lowest BCUT2D eigenvalue weighted by atomic mass is 10.0. The maximum atomic E-state index is 3.86. The lowest BCUT2D eigenvalue weighted by Gasteiger charge is -2.27. The van der Waals surface area contributed by atoms with Gasteiger partial charge in [-0.05, 0) is 65.7 Å². The normalized spacial score (nSPS) is 11.6. The zero-order chi connectivity index (χ0) is 26.6. The molecule has 0 unspecified atom stereocenters. The molecule has 0 atom stereocenters. The van der Waals surface area contributed by atoms with E-state index in [-0.39, 0.29) is 0 Å². The zero-order valence-electron chi connectivity index (χ0n) is 21.3. The van der Waals surface area contributed by atoms with Crippen molar-refractivity contribution in [2.75, 3.05) is 4.90 Å². The van der Waals surface area contributed by atoms with Gasteiger partial charge in [-0.15, -0.1) is 22.7 Å². The van der Waals surface area contributed by atoms with Crippen molar-refractivity contribution in [1.82, 2.24) is 0 Å². The van der Waals surface area contributed by atoms with Crippen LogP contribution in [0.4, 0.5) is 17.1 Å². The van der Waals surface area contributed by atoms with Gasteiger partial charge in [0.2, 0.25) is 0 Å². The monoisotopic (exact) mass is 611 g/mol. The Kier molecular flexibility index (Phi) is 5.73. The van der Waals surface area contributed by atoms with Crippen molar-refractivity contribution >= 4 is 96.0 Å². The molecule has 0 saturated heterocycles. The van der Waals surface area contributed by atoms with Crippen LogP contribution in [0.2, 0.25) is 0 Å². The summed E-state index contributed by atoms with van der Waals surface area (Å²) in [4.78, 5) is 2.43. The highest BCUT2D eigenvalue weighted by atomic mass is 79.9. The molecule has 190 valence electrons. The van der Waals surface area contributed by atoms with E-state index in [1.54, 1.807) is 0 Å². The Morgan fingerprint density at radius 3 is 1.93 bits per heavy atom. The third kappa shape index (κ3) is 3.95. The van der Waals surface area contributed by atoms with Crippen LogP contribution in [0, 0.1) is 0 Å². The van der Waals surface area contributed by atoms with Crippen molar-refractivity contribution in [2.24, 2.45) is 0 Å². The number of rotatable bonds is 4. The number of fused-ring (bicyclic) bond motifs is 6. The molecule has 4 heteroatoms. The molecule has 0 spiro atoms. The fourth-order valence-electron chi connectivity index (χ4n) is 5.68. The quantitative estimate of drug-likeness (QED) is 0.191. The average molecular weight is 613 g/mol. The van der Waals surface area contributed by atoms with Crippen LogP contribution in [0.15, 0.2) is 138 Å². The van der Waals surface area contributed by atoms with Crippen molar-refractivity contribution in [3.63, 3.8) is 0 Å². The van der Waals surface area contributed by atoms with Crippen molar-refractivity contribution in [3.05, 3.63) is 138 Å². The van der Waals surface area contributed by atoms with E-state index in [2.05, 4.69) is 154 Å². The standard InChI is InChI=1S/C36H22BrNS2/c37-25-20-31-29-14-5-7-16-34(29)40-36(31)32(21-25)38(26-12-8-11-24(19-26)23-9-2-1-3-10-23)27-17-18-35-30(22-27)28-13-4-6-15-33(28)39-35/h1-22H. The molecule has 0 amide bonds. The maximum absolute atomic E-state index is 3.86. The molecule has 0 N–H and O–H groups in total. The summed E-state index contributed by atoms with van der Waals surface area (Å²) in [7, 11) is 0. The Labute approximate surface area is 248 Å². The Bertz CT molecular complexity index is 2190. The SMILES string of the molecule is Brc1cc(N(c2cccc(-c3ccccc3)c2)c2ccc3sc4ccccc4c3c2)c2sc3ccccc3c2c1. The van der Waals surface area contributed by atoms with Gasteiger partial charge in [-0.1, -0.05) is 94.8 Å². The highest BCUT2D eigenvalue weighted by Gasteiger charge is 2.20. The topological polar surface area (TPSA) is 3.24 Å². The number of nitrogens with zero attached hydrogens (tertiary/aromatic N) is 1. The highest BCUT2D eigenvalue weighted by molar-refractivity contribution is 9.10. The first-order valence-corrected chi connectivity index (χ1v) is 15.6. The molecule has 6 aromatic carbocycles. The first-order valence-electron chi connectivity index (χ1n) is 13.2. The summed E-state index contributed by atoms with van der Waals surface area (Å²) in [6.45, 7) is 0. The molecule has 1 nitrogen and oxygen atoms in total. The fraction of sp³-hybridized carbons (Fsp3) is 0. The van der Waals surface area contributed by atoms with Crippen LogP contribution in [-0.2, 0) is 0 Å². The summed E-state index contributed by atoms with van der Waals surface area (Å²) in [6, 6.07) is 48.4. The van der Waals surface area contributed by atoms with Gasteiger partial charge in [0.25, 0.3) is 0 Å². The molecule has 0 bridgehead atoms. The summed E-state index contributed by atoms with van der Waals surface area (Å²) in [5.74, 6) is 0. The van der Waals surface area contributed by atoms with Gasteiger partial charge in [0.15, 0.2) is 0 Å². The predicted octanol–water partition coefficient (Wildman–Crippen LogP) is 12.3. The second kappa shape index (κ2) is 9.60. The first kappa shape index (κ1) is 23.9. The van der Waals surface area contributed by atoms with Gasteiger partial charge >= 0.3 is 0 Å². The van der Waals surface area contributed by atoms with Gasteiger partial charge in [0.05, 0.1) is 10.4 Å². The molecule has 0 aliphatic heterocycles. The van der Waals surface area contributed by atoms with E-state index in [0.29, 0.717) is 0 Å². The van der Waals surface area contributed by atoms with E-state index < -0.39 is 0 Å². The molecule has 0 aliphatic rings. The van der Waals surface area contributed by atoms with Gasteiger partial charge in [-0.25, -0.2) is 0 Å². The van der Waals surface area contributed by atoms with Gasteiger partial charge in [0, 0.05) is 51.5 Å². The highest BCUT2D eigenvalue weighted by Crippen LogP contribution is 2.47. The molecule has 2 heterocycles. The van der Waals surface area contributed by atoms with Crippen LogP contribution in [0.5, 0.6) is 0 Å². The number of benzene rings is 6. The summed E-state index contributed by atoms with van der Waals surface area (Å²) in [6.07, 6.45) is 0. The van der Waals surface area contributed by atoms with Crippen molar-refractivity contribution in [3.8, 4) is 11.1 Å². The minimum atomic E-state index is 1.07. The van der Waals surface area contributed by atoms with Crippen LogP contribution in [-0.4, -0.2) is 0 Å². The minimum absolute atomic E-state index is 1.07. The van der Waals surface area contributed by atoms with Gasteiger partial charge in [-0.2, -0.15) is 0 Å². The number of anilines is 3. The van der Waals surface area contributed by atoms with E-state index in [9.17, 15) is 0 Å². The molecular weight excluding hydrogens is 590 g/mol. The van der Waals surface area contributed by atoms with Crippen LogP contribution in [0.25, 0.3) is 51.5 Å². The molecule has 8 rings (SSSR count). The molecule has 0 saturated carbocycles. The average Bonchev–Trinajstić information content (AvgIpc) is 3.56. The summed E-state index contributed by atoms with van der Waals surface area (Å²) < 4.78 is 6.29. The lowest BCUT2D eigenvalue weighted by Crippen LogP contribution is -2.10. The van der Waals surface area contributed by atoms with Gasteiger partial charge < -0.3 is 4.90 Å². The molecule has 40 heavy (non-hydrogen) atoms. The van der Waals surface area contributed by atoms with Crippen molar-refractivity contribution in [2.45, 2.75) is 0 Å². The van der Waals surface area contributed by atoms with E-state index in [1.807, 2.05) is 22.7 Å². The maximum Gasteiger partial charge on any atom is 0.0651 e. The van der Waals surface area contributed by atoms with Crippen molar-refractivity contribution < 1.29 is 0 Å². The van der Waals surface area contributed by atoms with Crippen molar-refractivity contribution in [1.29, 1.82) is 0 Å². The molecule has 0 aliphatic carbocycles. The van der Waals surface area contributed by atoms with E-state index in [1.165, 1.54) is 57.2 Å². The third-order valence-corrected chi connectivity index (χ3v) is 10.3. The smallest absolute Gasteiger partial charge is 0.0651 e. The Hall–Kier alpha value is -3.96. The Balaban J connectivity index is 1.43. The molecular formula is C36H22BrNS2. The molecule has 2 aromatic heterocycles. The van der Waals surface area contributed by atoms with Crippen LogP contribution in [0.1, 0.15) is 0 Å². The summed E-state index contributed by atoms with van der Waals surface area (Å²) in [5, 5.41) is 5.17. The summed E-state index contributed by atoms with van der Waals surface area (Å²) in [5.41, 5.74) is 5.88. The summed E-state index contributed by atoms with van der Waals surface area (Å²) >= 11 is 7.58. The second-order valence-electron chi connectivity index (χ2n) is 9.93. The number of halogens is 1. The second-order valence-corrected chi connectivity index (χ2v) is 13.0. The van der Waals surface area contributed by atoms with Crippen LogP contribution >= 0.6 is 38.6 Å². The molecule has 8 aromatic rings. The van der Waals surface area contributed by atoms with Crippen LogP contribution in [0.3, 0.4) is 0 Å². The van der Waals surface area contributed by atoms with E-state index >= 15 is 0 Å². The minimum Gasteiger partial charge on any atom is -0.309 e. The van der Waals surface area contributed by atoms with Gasteiger partial charge in [-0.3, -0.25) is 0 Å². The van der Waals surface area contributed by atoms with E-state index in [4.69, 9.17) is 0 Å².